The van der Waals surface area contributed by atoms with E-state index >= 15 is 0 Å². The van der Waals surface area contributed by atoms with Gasteiger partial charge in [0.1, 0.15) is 5.75 Å². The Labute approximate surface area is 182 Å². The molecule has 0 spiro atoms. The van der Waals surface area contributed by atoms with Crippen molar-refractivity contribution in [3.63, 3.8) is 0 Å². The lowest BCUT2D eigenvalue weighted by atomic mass is 10.1. The van der Waals surface area contributed by atoms with E-state index in [0.29, 0.717) is 0 Å². The van der Waals surface area contributed by atoms with E-state index < -0.39 is 0 Å². The molecule has 2 heterocycles. The Balaban J connectivity index is 1.13. The van der Waals surface area contributed by atoms with Crippen LogP contribution in [0.15, 0.2) is 54.6 Å². The van der Waals surface area contributed by atoms with Gasteiger partial charge in [-0.05, 0) is 55.6 Å². The number of benzene rings is 2. The summed E-state index contributed by atoms with van der Waals surface area (Å²) < 4.78 is 5.97. The highest BCUT2D eigenvalue weighted by molar-refractivity contribution is 5.27. The van der Waals surface area contributed by atoms with E-state index in [2.05, 4.69) is 69.3 Å². The number of likely N-dealkylation sites (tertiary alicyclic amines) is 1. The Bertz CT molecular complexity index is 720. The summed E-state index contributed by atoms with van der Waals surface area (Å²) in [5.41, 5.74) is 2.80. The Morgan fingerprint density at radius 1 is 0.600 bits per heavy atom. The number of ether oxygens (including phenoxy) is 1. The van der Waals surface area contributed by atoms with Crippen LogP contribution >= 0.6 is 0 Å². The second kappa shape index (κ2) is 11.5. The molecule has 2 aliphatic heterocycles. The van der Waals surface area contributed by atoms with Crippen molar-refractivity contribution < 1.29 is 4.74 Å². The molecule has 0 aliphatic carbocycles. The SMILES string of the molecule is c1ccc(CN2CCN(Cc3ccc(OCCCN4CCCCC4)cc3)CC2)cc1. The minimum absolute atomic E-state index is 0.819. The molecule has 2 aliphatic rings. The lowest BCUT2D eigenvalue weighted by molar-refractivity contribution is 0.122. The van der Waals surface area contributed by atoms with Crippen LogP contribution in [0.1, 0.15) is 36.8 Å². The van der Waals surface area contributed by atoms with Crippen LogP contribution < -0.4 is 4.74 Å². The Kier molecular flexibility index (Phi) is 8.18. The molecule has 2 fully saturated rings. The first-order valence-electron chi connectivity index (χ1n) is 11.8. The van der Waals surface area contributed by atoms with E-state index in [-0.39, 0.29) is 0 Å². The molecule has 30 heavy (non-hydrogen) atoms. The minimum atomic E-state index is 0.819. The highest BCUT2D eigenvalue weighted by atomic mass is 16.5. The summed E-state index contributed by atoms with van der Waals surface area (Å²) in [4.78, 5) is 7.71. The maximum atomic E-state index is 5.97. The highest BCUT2D eigenvalue weighted by Gasteiger charge is 2.17. The molecule has 4 nitrogen and oxygen atoms in total. The smallest absolute Gasteiger partial charge is 0.119 e. The molecular formula is C26H37N3O. The Morgan fingerprint density at radius 2 is 1.20 bits per heavy atom. The van der Waals surface area contributed by atoms with Crippen molar-refractivity contribution in [3.05, 3.63) is 65.7 Å². The lowest BCUT2D eigenvalue weighted by Crippen LogP contribution is -2.45. The van der Waals surface area contributed by atoms with Crippen LogP contribution in [0.5, 0.6) is 5.75 Å². The monoisotopic (exact) mass is 407 g/mol. The zero-order chi connectivity index (χ0) is 20.4. The molecule has 2 saturated heterocycles. The van der Waals surface area contributed by atoms with Gasteiger partial charge >= 0.3 is 0 Å². The van der Waals surface area contributed by atoms with Crippen molar-refractivity contribution >= 4 is 0 Å². The van der Waals surface area contributed by atoms with Crippen LogP contribution in [0.2, 0.25) is 0 Å². The first-order chi connectivity index (χ1) is 14.8. The second-order valence-electron chi connectivity index (χ2n) is 8.79. The molecule has 0 N–H and O–H groups in total. The Hall–Kier alpha value is -1.88. The molecule has 0 atom stereocenters. The number of hydrogen-bond donors (Lipinski definition) is 0. The molecule has 162 valence electrons. The molecule has 0 aromatic heterocycles. The van der Waals surface area contributed by atoms with Crippen molar-refractivity contribution in [2.24, 2.45) is 0 Å². The average Bonchev–Trinajstić information content (AvgIpc) is 2.80. The predicted molar refractivity (Wildman–Crippen MR) is 124 cm³/mol. The fourth-order valence-electron chi connectivity index (χ4n) is 4.56. The van der Waals surface area contributed by atoms with E-state index in [9.17, 15) is 0 Å². The fourth-order valence-corrected chi connectivity index (χ4v) is 4.56. The maximum Gasteiger partial charge on any atom is 0.119 e. The van der Waals surface area contributed by atoms with Crippen molar-refractivity contribution in [2.75, 3.05) is 52.4 Å². The van der Waals surface area contributed by atoms with Crippen LogP contribution in [0.25, 0.3) is 0 Å². The predicted octanol–water partition coefficient (Wildman–Crippen LogP) is 4.26. The van der Waals surface area contributed by atoms with Gasteiger partial charge in [0.2, 0.25) is 0 Å². The van der Waals surface area contributed by atoms with E-state index in [4.69, 9.17) is 4.74 Å². The zero-order valence-electron chi connectivity index (χ0n) is 18.3. The molecule has 0 bridgehead atoms. The van der Waals surface area contributed by atoms with Gasteiger partial charge in [-0.3, -0.25) is 9.80 Å². The van der Waals surface area contributed by atoms with Crippen LogP contribution in [-0.2, 0) is 13.1 Å². The fraction of sp³-hybridized carbons (Fsp3) is 0.538. The van der Waals surface area contributed by atoms with Crippen molar-refractivity contribution in [1.82, 2.24) is 14.7 Å². The standard InChI is InChI=1S/C26H37N3O/c1-3-8-24(9-4-1)22-28-17-19-29(20-18-28)23-25-10-12-26(13-11-25)30-21-7-16-27-14-5-2-6-15-27/h1,3-4,8-13H,2,5-7,14-23H2. The number of hydrogen-bond acceptors (Lipinski definition) is 4. The van der Waals surface area contributed by atoms with Gasteiger partial charge in [-0.1, -0.05) is 48.9 Å². The molecule has 0 radical (unpaired) electrons. The quantitative estimate of drug-likeness (QED) is 0.578. The summed E-state index contributed by atoms with van der Waals surface area (Å²) in [7, 11) is 0. The molecule has 0 amide bonds. The normalized spacial score (nSPS) is 19.1. The van der Waals surface area contributed by atoms with Gasteiger partial charge < -0.3 is 9.64 Å². The number of nitrogens with zero attached hydrogens (tertiary/aromatic N) is 3. The highest BCUT2D eigenvalue weighted by Crippen LogP contribution is 2.16. The van der Waals surface area contributed by atoms with Crippen LogP contribution in [-0.4, -0.2) is 67.1 Å². The Morgan fingerprint density at radius 3 is 1.83 bits per heavy atom. The topological polar surface area (TPSA) is 19.0 Å². The summed E-state index contributed by atoms with van der Waals surface area (Å²) in [6.07, 6.45) is 5.26. The van der Waals surface area contributed by atoms with Gasteiger partial charge in [0.05, 0.1) is 6.61 Å². The van der Waals surface area contributed by atoms with Crippen LogP contribution in [0, 0.1) is 0 Å². The molecular weight excluding hydrogens is 370 g/mol. The maximum absolute atomic E-state index is 5.97. The van der Waals surface area contributed by atoms with Gasteiger partial charge in [0, 0.05) is 45.8 Å². The van der Waals surface area contributed by atoms with Crippen LogP contribution in [0.3, 0.4) is 0 Å². The molecule has 4 rings (SSSR count). The van der Waals surface area contributed by atoms with Gasteiger partial charge in [0.15, 0.2) is 0 Å². The van der Waals surface area contributed by atoms with Gasteiger partial charge in [-0.2, -0.15) is 0 Å². The van der Waals surface area contributed by atoms with Gasteiger partial charge in [-0.25, -0.2) is 0 Å². The second-order valence-corrected chi connectivity index (χ2v) is 8.79. The molecule has 2 aromatic carbocycles. The number of piperidine rings is 1. The number of rotatable bonds is 9. The number of piperazine rings is 1. The van der Waals surface area contributed by atoms with E-state index in [1.165, 1.54) is 50.0 Å². The van der Waals surface area contributed by atoms with Crippen molar-refractivity contribution in [1.29, 1.82) is 0 Å². The third kappa shape index (κ3) is 6.83. The molecule has 4 heteroatoms. The van der Waals surface area contributed by atoms with Crippen molar-refractivity contribution in [2.45, 2.75) is 38.8 Å². The minimum Gasteiger partial charge on any atom is -0.494 e. The first kappa shape index (κ1) is 21.4. The molecule has 2 aromatic rings. The van der Waals surface area contributed by atoms with E-state index in [1.807, 2.05) is 0 Å². The first-order valence-corrected chi connectivity index (χ1v) is 11.8. The lowest BCUT2D eigenvalue weighted by Gasteiger charge is -2.34. The molecule has 0 saturated carbocycles. The molecule has 0 unspecified atom stereocenters. The summed E-state index contributed by atoms with van der Waals surface area (Å²) >= 11 is 0. The summed E-state index contributed by atoms with van der Waals surface area (Å²) in [5, 5.41) is 0. The summed E-state index contributed by atoms with van der Waals surface area (Å²) in [5.74, 6) is 1.00. The van der Waals surface area contributed by atoms with Gasteiger partial charge in [-0.15, -0.1) is 0 Å². The largest absolute Gasteiger partial charge is 0.494 e. The van der Waals surface area contributed by atoms with Crippen molar-refractivity contribution in [3.8, 4) is 5.75 Å². The van der Waals surface area contributed by atoms with Gasteiger partial charge in [0.25, 0.3) is 0 Å². The van der Waals surface area contributed by atoms with E-state index in [0.717, 1.165) is 58.0 Å². The summed E-state index contributed by atoms with van der Waals surface area (Å²) in [6.45, 7) is 11.2. The summed E-state index contributed by atoms with van der Waals surface area (Å²) in [6, 6.07) is 19.6. The third-order valence-electron chi connectivity index (χ3n) is 6.38. The van der Waals surface area contributed by atoms with Crippen LogP contribution in [0.4, 0.5) is 0 Å². The third-order valence-corrected chi connectivity index (χ3v) is 6.38. The zero-order valence-corrected chi connectivity index (χ0v) is 18.3. The van der Waals surface area contributed by atoms with E-state index in [1.54, 1.807) is 0 Å². The average molecular weight is 408 g/mol.